The van der Waals surface area contributed by atoms with Crippen LogP contribution in [-0.2, 0) is 0 Å². The van der Waals surface area contributed by atoms with Crippen LogP contribution in [0.2, 0.25) is 0 Å². The van der Waals surface area contributed by atoms with Crippen molar-refractivity contribution < 1.29 is 13.6 Å². The fraction of sp³-hybridized carbons (Fsp3) is 0.125. The van der Waals surface area contributed by atoms with E-state index in [1.54, 1.807) is 18.2 Å². The van der Waals surface area contributed by atoms with Crippen LogP contribution in [0.15, 0.2) is 30.3 Å². The first-order chi connectivity index (χ1) is 6.13. The Morgan fingerprint density at radius 2 is 1.85 bits per heavy atom. The number of carbonyl (C=O) groups is 1. The van der Waals surface area contributed by atoms with Crippen molar-refractivity contribution in [2.75, 3.05) is 0 Å². The first-order valence-electron chi connectivity index (χ1n) is 3.54. The van der Waals surface area contributed by atoms with Gasteiger partial charge in [-0.3, -0.25) is 4.79 Å². The van der Waals surface area contributed by atoms with Crippen LogP contribution in [0.4, 0.5) is 8.78 Å². The second-order valence-corrected chi connectivity index (χ2v) is 2.36. The Kier molecular flexibility index (Phi) is 2.92. The van der Waals surface area contributed by atoms with Crippen LogP contribution in [0, 0.1) is 0 Å². The highest BCUT2D eigenvalue weighted by atomic mass is 19.3. The van der Waals surface area contributed by atoms with Crippen molar-refractivity contribution in [3.8, 4) is 0 Å². The van der Waals surface area contributed by atoms with E-state index in [0.717, 1.165) is 0 Å². The van der Waals surface area contributed by atoms with Gasteiger partial charge in [0.1, 0.15) is 0 Å². The van der Waals surface area contributed by atoms with E-state index < -0.39 is 12.5 Å². The van der Waals surface area contributed by atoms with Gasteiger partial charge >= 0.3 is 6.55 Å². The second kappa shape index (κ2) is 3.95. The van der Waals surface area contributed by atoms with Gasteiger partial charge in [-0.25, -0.2) is 10.9 Å². The Morgan fingerprint density at radius 3 is 2.31 bits per heavy atom. The van der Waals surface area contributed by atoms with Gasteiger partial charge in [-0.1, -0.05) is 18.2 Å². The zero-order valence-electron chi connectivity index (χ0n) is 6.65. The van der Waals surface area contributed by atoms with Crippen molar-refractivity contribution >= 4 is 5.91 Å². The van der Waals surface area contributed by atoms with Crippen molar-refractivity contribution in [2.24, 2.45) is 5.84 Å². The molecule has 1 aromatic rings. The Hall–Kier alpha value is -1.49. The summed E-state index contributed by atoms with van der Waals surface area (Å²) in [5.41, 5.74) is 0.144. The van der Waals surface area contributed by atoms with Gasteiger partial charge < -0.3 is 0 Å². The van der Waals surface area contributed by atoms with E-state index in [9.17, 15) is 13.6 Å². The van der Waals surface area contributed by atoms with Crippen molar-refractivity contribution in [1.29, 1.82) is 0 Å². The molecule has 1 aromatic carbocycles. The van der Waals surface area contributed by atoms with Gasteiger partial charge in [-0.2, -0.15) is 8.78 Å². The maximum absolute atomic E-state index is 11.9. The van der Waals surface area contributed by atoms with E-state index >= 15 is 0 Å². The third-order valence-electron chi connectivity index (χ3n) is 1.47. The van der Waals surface area contributed by atoms with E-state index in [0.29, 0.717) is 0 Å². The molecular formula is C8H8F2N2O. The average Bonchev–Trinajstić information content (AvgIpc) is 2.17. The number of benzene rings is 1. The summed E-state index contributed by atoms with van der Waals surface area (Å²) in [6, 6.07) is 7.67. The summed E-state index contributed by atoms with van der Waals surface area (Å²) in [4.78, 5) is 11.1. The molecule has 0 saturated heterocycles. The minimum atomic E-state index is -2.98. The van der Waals surface area contributed by atoms with Gasteiger partial charge in [0.05, 0.1) is 0 Å². The summed E-state index contributed by atoms with van der Waals surface area (Å²) < 4.78 is 23.9. The highest BCUT2D eigenvalue weighted by molar-refractivity contribution is 5.93. The van der Waals surface area contributed by atoms with Gasteiger partial charge in [-0.05, 0) is 12.1 Å². The largest absolute Gasteiger partial charge is 0.330 e. The number of hydrogen-bond donors (Lipinski definition) is 1. The number of nitrogens with two attached hydrogens (primary N) is 1. The van der Waals surface area contributed by atoms with Crippen molar-refractivity contribution in [3.05, 3.63) is 35.9 Å². The Bertz CT molecular complexity index is 289. The molecule has 0 fully saturated rings. The predicted molar refractivity (Wildman–Crippen MR) is 42.8 cm³/mol. The molecule has 13 heavy (non-hydrogen) atoms. The highest BCUT2D eigenvalue weighted by Gasteiger charge is 2.19. The minimum Gasteiger partial charge on any atom is -0.267 e. The maximum Gasteiger partial charge on any atom is 0.330 e. The molecule has 0 radical (unpaired) electrons. The number of rotatable bonds is 2. The third-order valence-corrected chi connectivity index (χ3v) is 1.47. The molecule has 0 bridgehead atoms. The van der Waals surface area contributed by atoms with E-state index in [1.807, 2.05) is 0 Å². The quantitative estimate of drug-likeness (QED) is 0.327. The summed E-state index contributed by atoms with van der Waals surface area (Å²) in [6.07, 6.45) is 0. The Morgan fingerprint density at radius 1 is 1.31 bits per heavy atom. The lowest BCUT2D eigenvalue weighted by Gasteiger charge is -2.14. The van der Waals surface area contributed by atoms with Crippen LogP contribution in [0.3, 0.4) is 0 Å². The van der Waals surface area contributed by atoms with Crippen LogP contribution in [0.25, 0.3) is 0 Å². The first kappa shape index (κ1) is 9.60. The summed E-state index contributed by atoms with van der Waals surface area (Å²) in [6.45, 7) is -2.98. The molecule has 0 saturated carbocycles. The van der Waals surface area contributed by atoms with Crippen LogP contribution in [0.1, 0.15) is 10.4 Å². The normalized spacial score (nSPS) is 10.2. The lowest BCUT2D eigenvalue weighted by atomic mass is 10.2. The van der Waals surface area contributed by atoms with Gasteiger partial charge in [-0.15, -0.1) is 0 Å². The molecule has 1 amide bonds. The standard InChI is InChI=1S/C8H8F2N2O/c9-8(10)12(11)7(13)6-4-2-1-3-5-6/h1-5,8H,11H2. The summed E-state index contributed by atoms with van der Waals surface area (Å²) in [5.74, 6) is 3.93. The zero-order valence-corrected chi connectivity index (χ0v) is 6.65. The van der Waals surface area contributed by atoms with E-state index in [4.69, 9.17) is 5.84 Å². The van der Waals surface area contributed by atoms with Gasteiger partial charge in [0, 0.05) is 5.56 Å². The molecule has 0 aliphatic heterocycles. The molecule has 0 aliphatic carbocycles. The first-order valence-corrected chi connectivity index (χ1v) is 3.54. The topological polar surface area (TPSA) is 46.3 Å². The average molecular weight is 186 g/mol. The molecule has 0 unspecified atom stereocenters. The summed E-state index contributed by atoms with van der Waals surface area (Å²) >= 11 is 0. The molecule has 0 heterocycles. The monoisotopic (exact) mass is 186 g/mol. The van der Waals surface area contributed by atoms with Crippen molar-refractivity contribution in [3.63, 3.8) is 0 Å². The van der Waals surface area contributed by atoms with Crippen LogP contribution < -0.4 is 5.84 Å². The predicted octanol–water partition coefficient (Wildman–Crippen LogP) is 1.23. The van der Waals surface area contributed by atoms with Crippen LogP contribution >= 0.6 is 0 Å². The number of nitrogens with zero attached hydrogens (tertiary/aromatic N) is 1. The molecule has 0 spiro atoms. The fourth-order valence-electron chi connectivity index (χ4n) is 0.818. The van der Waals surface area contributed by atoms with Gasteiger partial charge in [0.15, 0.2) is 0 Å². The lowest BCUT2D eigenvalue weighted by Crippen LogP contribution is -2.41. The fourth-order valence-corrected chi connectivity index (χ4v) is 0.818. The highest BCUT2D eigenvalue weighted by Crippen LogP contribution is 2.05. The smallest absolute Gasteiger partial charge is 0.267 e. The molecular weight excluding hydrogens is 178 g/mol. The lowest BCUT2D eigenvalue weighted by molar-refractivity contribution is -0.0150. The number of alkyl halides is 2. The van der Waals surface area contributed by atoms with Gasteiger partial charge in [0.2, 0.25) is 0 Å². The molecule has 70 valence electrons. The minimum absolute atomic E-state index is 0.102. The van der Waals surface area contributed by atoms with Crippen LogP contribution in [0.5, 0.6) is 0 Å². The number of halogens is 2. The zero-order chi connectivity index (χ0) is 9.84. The van der Waals surface area contributed by atoms with E-state index in [-0.39, 0.29) is 10.6 Å². The second-order valence-electron chi connectivity index (χ2n) is 2.36. The third kappa shape index (κ3) is 2.22. The molecule has 3 nitrogen and oxygen atoms in total. The van der Waals surface area contributed by atoms with E-state index in [2.05, 4.69) is 0 Å². The van der Waals surface area contributed by atoms with E-state index in [1.165, 1.54) is 12.1 Å². The molecule has 0 aromatic heterocycles. The van der Waals surface area contributed by atoms with Crippen molar-refractivity contribution in [2.45, 2.75) is 6.55 Å². The number of hydrazine groups is 1. The molecule has 1 rings (SSSR count). The summed E-state index contributed by atoms with van der Waals surface area (Å²) in [7, 11) is 0. The molecule has 2 N–H and O–H groups in total. The Labute approximate surface area is 73.7 Å². The number of carbonyl (C=O) groups excluding carboxylic acids is 1. The Balaban J connectivity index is 2.80. The SMILES string of the molecule is NN(C(=O)c1ccccc1)C(F)F. The summed E-state index contributed by atoms with van der Waals surface area (Å²) in [5, 5.41) is -0.102. The molecule has 0 atom stereocenters. The maximum atomic E-state index is 11.9. The number of hydrogen-bond acceptors (Lipinski definition) is 2. The van der Waals surface area contributed by atoms with Crippen molar-refractivity contribution in [1.82, 2.24) is 5.01 Å². The van der Waals surface area contributed by atoms with Crippen LogP contribution in [-0.4, -0.2) is 17.5 Å². The van der Waals surface area contributed by atoms with Gasteiger partial charge in [0.25, 0.3) is 5.91 Å². The number of amides is 1. The molecule has 5 heteroatoms. The molecule has 0 aliphatic rings.